The normalized spacial score (nSPS) is 10.4. The van der Waals surface area contributed by atoms with Gasteiger partial charge in [0.1, 0.15) is 0 Å². The van der Waals surface area contributed by atoms with E-state index in [0.29, 0.717) is 28.2 Å². The highest BCUT2D eigenvalue weighted by atomic mass is 35.5. The molecule has 0 fully saturated rings. The minimum atomic E-state index is 0.473. The lowest BCUT2D eigenvalue weighted by molar-refractivity contribution is 0.324. The van der Waals surface area contributed by atoms with E-state index in [1.165, 1.54) is 0 Å². The molecule has 0 aliphatic heterocycles. The summed E-state index contributed by atoms with van der Waals surface area (Å²) in [6.07, 6.45) is 1.57. The van der Waals surface area contributed by atoms with Gasteiger partial charge in [0.15, 0.2) is 11.5 Å². The van der Waals surface area contributed by atoms with Gasteiger partial charge >= 0.3 is 0 Å². The second-order valence-corrected chi connectivity index (χ2v) is 5.36. The number of aromatic nitrogens is 1. The third kappa shape index (κ3) is 2.88. The van der Waals surface area contributed by atoms with Gasteiger partial charge in [-0.25, -0.2) is 4.98 Å². The summed E-state index contributed by atoms with van der Waals surface area (Å²) < 4.78 is 21.9. The Morgan fingerprint density at radius 1 is 0.870 bits per heavy atom. The Balaban J connectivity index is 2.92. The molecule has 0 spiro atoms. The molecule has 1 aromatic carbocycles. The Hall–Kier alpha value is -2.14. The predicted molar refractivity (Wildman–Crippen MR) is 90.4 cm³/mol. The third-order valence-electron chi connectivity index (χ3n) is 3.71. The molecule has 0 unspecified atom stereocenters. The molecular formula is C17H20ClNO4. The van der Waals surface area contributed by atoms with E-state index in [2.05, 4.69) is 4.98 Å². The molecule has 0 N–H and O–H groups in total. The first-order chi connectivity index (χ1) is 11.0. The largest absolute Gasteiger partial charge is 0.493 e. The molecule has 0 radical (unpaired) electrons. The summed E-state index contributed by atoms with van der Waals surface area (Å²) in [6.45, 7) is 3.87. The van der Waals surface area contributed by atoms with Gasteiger partial charge in [0.05, 0.1) is 39.0 Å². The molecule has 0 saturated heterocycles. The lowest BCUT2D eigenvalue weighted by atomic mass is 9.95. The molecule has 124 valence electrons. The summed E-state index contributed by atoms with van der Waals surface area (Å²) in [5.74, 6) is 2.13. The van der Waals surface area contributed by atoms with Crippen molar-refractivity contribution in [2.75, 3.05) is 28.4 Å². The quantitative estimate of drug-likeness (QED) is 0.823. The van der Waals surface area contributed by atoms with Crippen molar-refractivity contribution in [3.63, 3.8) is 0 Å². The van der Waals surface area contributed by atoms with E-state index in [0.717, 1.165) is 22.3 Å². The minimum Gasteiger partial charge on any atom is -0.493 e. The van der Waals surface area contributed by atoms with Gasteiger partial charge in [-0.2, -0.15) is 0 Å². The number of halogens is 1. The number of ether oxygens (including phenoxy) is 4. The second-order valence-electron chi connectivity index (χ2n) is 4.95. The van der Waals surface area contributed by atoms with Crippen LogP contribution in [0, 0.1) is 13.8 Å². The van der Waals surface area contributed by atoms with Gasteiger partial charge in [-0.05, 0) is 31.0 Å². The van der Waals surface area contributed by atoms with Gasteiger partial charge in [0.2, 0.25) is 11.6 Å². The van der Waals surface area contributed by atoms with E-state index >= 15 is 0 Å². The van der Waals surface area contributed by atoms with Gasteiger partial charge in [-0.3, -0.25) is 0 Å². The summed E-state index contributed by atoms with van der Waals surface area (Å²) in [5, 5.41) is 0.553. The molecule has 0 atom stereocenters. The van der Waals surface area contributed by atoms with Gasteiger partial charge < -0.3 is 18.9 Å². The molecule has 0 aliphatic carbocycles. The highest BCUT2D eigenvalue weighted by Crippen LogP contribution is 2.49. The third-order valence-corrected chi connectivity index (χ3v) is 4.09. The van der Waals surface area contributed by atoms with Crippen molar-refractivity contribution in [3.05, 3.63) is 28.4 Å². The SMILES string of the molecule is COc1cc(C)c(-c2c(OC)ncc(Cl)c2C)c(OC)c1OC. The zero-order valence-corrected chi connectivity index (χ0v) is 14.9. The molecule has 2 rings (SSSR count). The number of nitrogens with zero attached hydrogens (tertiary/aromatic N) is 1. The van der Waals surface area contributed by atoms with Gasteiger partial charge in [0.25, 0.3) is 0 Å². The van der Waals surface area contributed by atoms with Crippen molar-refractivity contribution in [3.8, 4) is 34.3 Å². The first kappa shape index (κ1) is 17.2. The highest BCUT2D eigenvalue weighted by molar-refractivity contribution is 6.31. The summed E-state index contributed by atoms with van der Waals surface area (Å²) in [6, 6.07) is 1.89. The van der Waals surface area contributed by atoms with Crippen LogP contribution in [-0.4, -0.2) is 33.4 Å². The Morgan fingerprint density at radius 3 is 2.04 bits per heavy atom. The average Bonchev–Trinajstić information content (AvgIpc) is 2.56. The number of hydrogen-bond acceptors (Lipinski definition) is 5. The lowest BCUT2D eigenvalue weighted by Gasteiger charge is -2.20. The van der Waals surface area contributed by atoms with E-state index in [1.807, 2.05) is 19.9 Å². The van der Waals surface area contributed by atoms with Crippen molar-refractivity contribution < 1.29 is 18.9 Å². The maximum atomic E-state index is 6.26. The summed E-state index contributed by atoms with van der Waals surface area (Å²) in [7, 11) is 6.31. The van der Waals surface area contributed by atoms with Crippen LogP contribution < -0.4 is 18.9 Å². The van der Waals surface area contributed by atoms with Crippen molar-refractivity contribution in [2.24, 2.45) is 0 Å². The Bertz CT molecular complexity index is 731. The smallest absolute Gasteiger partial charge is 0.221 e. The number of methoxy groups -OCH3 is 4. The summed E-state index contributed by atoms with van der Waals surface area (Å²) in [5.41, 5.74) is 3.38. The zero-order valence-electron chi connectivity index (χ0n) is 14.1. The molecule has 5 nitrogen and oxygen atoms in total. The van der Waals surface area contributed by atoms with E-state index in [4.69, 9.17) is 30.5 Å². The molecule has 1 aromatic heterocycles. The monoisotopic (exact) mass is 337 g/mol. The molecule has 1 heterocycles. The molecule has 23 heavy (non-hydrogen) atoms. The van der Waals surface area contributed by atoms with Crippen LogP contribution in [0.15, 0.2) is 12.3 Å². The number of hydrogen-bond donors (Lipinski definition) is 0. The van der Waals surface area contributed by atoms with Crippen molar-refractivity contribution in [2.45, 2.75) is 13.8 Å². The van der Waals surface area contributed by atoms with E-state index in [-0.39, 0.29) is 0 Å². The van der Waals surface area contributed by atoms with Gasteiger partial charge in [-0.1, -0.05) is 11.6 Å². The van der Waals surface area contributed by atoms with Crippen molar-refractivity contribution >= 4 is 11.6 Å². The Labute approximate surface area is 141 Å². The fourth-order valence-electron chi connectivity index (χ4n) is 2.59. The Morgan fingerprint density at radius 2 is 1.52 bits per heavy atom. The van der Waals surface area contributed by atoms with Crippen molar-refractivity contribution in [1.29, 1.82) is 0 Å². The molecule has 0 amide bonds. The topological polar surface area (TPSA) is 49.8 Å². The maximum absolute atomic E-state index is 6.26. The van der Waals surface area contributed by atoms with Crippen LogP contribution in [0.5, 0.6) is 23.1 Å². The molecule has 2 aromatic rings. The van der Waals surface area contributed by atoms with Crippen LogP contribution in [-0.2, 0) is 0 Å². The lowest BCUT2D eigenvalue weighted by Crippen LogP contribution is -2.02. The van der Waals surface area contributed by atoms with Crippen LogP contribution in [0.25, 0.3) is 11.1 Å². The highest BCUT2D eigenvalue weighted by Gasteiger charge is 2.25. The van der Waals surface area contributed by atoms with E-state index < -0.39 is 0 Å². The van der Waals surface area contributed by atoms with Crippen LogP contribution >= 0.6 is 11.6 Å². The number of rotatable bonds is 5. The minimum absolute atomic E-state index is 0.473. The average molecular weight is 338 g/mol. The first-order valence-corrected chi connectivity index (χ1v) is 7.36. The number of pyridine rings is 1. The molecular weight excluding hydrogens is 318 g/mol. The van der Waals surface area contributed by atoms with Gasteiger partial charge in [0, 0.05) is 11.8 Å². The number of aryl methyl sites for hydroxylation is 1. The second kappa shape index (κ2) is 6.96. The molecule has 0 saturated carbocycles. The first-order valence-electron chi connectivity index (χ1n) is 6.99. The molecule has 0 bridgehead atoms. The fraction of sp³-hybridized carbons (Fsp3) is 0.353. The van der Waals surface area contributed by atoms with Crippen molar-refractivity contribution in [1.82, 2.24) is 4.98 Å². The Kier molecular flexibility index (Phi) is 5.21. The predicted octanol–water partition coefficient (Wildman–Crippen LogP) is 4.05. The maximum Gasteiger partial charge on any atom is 0.221 e. The summed E-state index contributed by atoms with van der Waals surface area (Å²) in [4.78, 5) is 4.27. The van der Waals surface area contributed by atoms with Crippen LogP contribution in [0.4, 0.5) is 0 Å². The van der Waals surface area contributed by atoms with Crippen LogP contribution in [0.3, 0.4) is 0 Å². The molecule has 0 aliphatic rings. The van der Waals surface area contributed by atoms with Gasteiger partial charge in [-0.15, -0.1) is 0 Å². The summed E-state index contributed by atoms with van der Waals surface area (Å²) >= 11 is 6.26. The van der Waals surface area contributed by atoms with Crippen LogP contribution in [0.1, 0.15) is 11.1 Å². The number of benzene rings is 1. The van der Waals surface area contributed by atoms with Crippen LogP contribution in [0.2, 0.25) is 5.02 Å². The van der Waals surface area contributed by atoms with E-state index in [1.54, 1.807) is 34.6 Å². The van der Waals surface area contributed by atoms with E-state index in [9.17, 15) is 0 Å². The fourth-order valence-corrected chi connectivity index (χ4v) is 2.74. The standard InChI is InChI=1S/C17H20ClNO4/c1-9-7-12(20-3)15(21-4)16(22-5)13(9)14-10(2)11(18)8-19-17(14)23-6/h7-8H,1-6H3. The molecule has 6 heteroatoms. The zero-order chi connectivity index (χ0) is 17.1.